The number of hydrogen-bond acceptors (Lipinski definition) is 2. The minimum absolute atomic E-state index is 0.0895. The molecule has 0 aliphatic heterocycles. The Hall–Kier alpha value is -1.84. The number of aromatic amines is 2. The maximum Gasteiger partial charge on any atom is 0.248 e. The summed E-state index contributed by atoms with van der Waals surface area (Å²) in [6, 6.07) is 3.46. The minimum Gasteiger partial charge on any atom is -0.342 e. The molecule has 4 heteroatoms. The van der Waals surface area contributed by atoms with Crippen molar-refractivity contribution in [2.75, 3.05) is 0 Å². The fourth-order valence-corrected chi connectivity index (χ4v) is 2.63. The Balaban J connectivity index is 1.96. The average molecular weight is 243 g/mol. The van der Waals surface area contributed by atoms with Crippen LogP contribution >= 0.6 is 0 Å². The van der Waals surface area contributed by atoms with Gasteiger partial charge in [0, 0.05) is 23.5 Å². The highest BCUT2D eigenvalue weighted by molar-refractivity contribution is 5.55. The Morgan fingerprint density at radius 2 is 2.39 bits per heavy atom. The summed E-state index contributed by atoms with van der Waals surface area (Å²) in [7, 11) is 0. The van der Waals surface area contributed by atoms with Gasteiger partial charge in [0.1, 0.15) is 5.82 Å². The van der Waals surface area contributed by atoms with Crippen LogP contribution in [0.25, 0.3) is 11.4 Å². The maximum absolute atomic E-state index is 11.3. The molecular formula is C14H17N3O. The molecular weight excluding hydrogens is 226 g/mol. The number of nitrogens with one attached hydrogen (secondary N) is 2. The van der Waals surface area contributed by atoms with Gasteiger partial charge in [0.05, 0.1) is 5.69 Å². The molecule has 0 aromatic carbocycles. The second-order valence-corrected chi connectivity index (χ2v) is 4.97. The zero-order valence-corrected chi connectivity index (χ0v) is 10.5. The number of hydrogen-bond donors (Lipinski definition) is 2. The van der Waals surface area contributed by atoms with E-state index in [1.54, 1.807) is 12.3 Å². The van der Waals surface area contributed by atoms with Crippen LogP contribution < -0.4 is 5.56 Å². The third kappa shape index (κ3) is 1.98. The number of nitrogens with zero attached hydrogens (tertiary/aromatic N) is 1. The van der Waals surface area contributed by atoms with Crippen molar-refractivity contribution in [1.29, 1.82) is 0 Å². The predicted octanol–water partition coefficient (Wildman–Crippen LogP) is 2.28. The fraction of sp³-hybridized carbons (Fsp3) is 0.429. The number of H-pyrrole nitrogens is 2. The molecule has 2 heterocycles. The van der Waals surface area contributed by atoms with Crippen LogP contribution in [0, 0.1) is 5.92 Å². The van der Waals surface area contributed by atoms with Crippen LogP contribution in [0.1, 0.15) is 31.2 Å². The first-order chi connectivity index (χ1) is 8.76. The Labute approximate surface area is 105 Å². The lowest BCUT2D eigenvalue weighted by molar-refractivity contribution is 0.438. The molecule has 0 saturated carbocycles. The average Bonchev–Trinajstić information content (AvgIpc) is 2.81. The molecule has 4 nitrogen and oxygen atoms in total. The van der Waals surface area contributed by atoms with E-state index in [4.69, 9.17) is 0 Å². The Morgan fingerprint density at radius 3 is 3.17 bits per heavy atom. The number of fused-ring (bicyclic) bond motifs is 1. The highest BCUT2D eigenvalue weighted by Crippen LogP contribution is 2.28. The van der Waals surface area contributed by atoms with Crippen LogP contribution in [0.2, 0.25) is 0 Å². The Bertz CT molecular complexity index is 611. The number of aryl methyl sites for hydroxylation is 1. The molecule has 94 valence electrons. The van der Waals surface area contributed by atoms with Crippen molar-refractivity contribution in [3.8, 4) is 11.4 Å². The van der Waals surface area contributed by atoms with Crippen LogP contribution in [-0.2, 0) is 12.8 Å². The number of rotatable bonds is 2. The van der Waals surface area contributed by atoms with Crippen LogP contribution in [0.15, 0.2) is 23.1 Å². The predicted molar refractivity (Wildman–Crippen MR) is 70.5 cm³/mol. The number of imidazole rings is 1. The van der Waals surface area contributed by atoms with Crippen molar-refractivity contribution in [3.05, 3.63) is 40.1 Å². The van der Waals surface area contributed by atoms with Gasteiger partial charge in [-0.15, -0.1) is 0 Å². The van der Waals surface area contributed by atoms with E-state index >= 15 is 0 Å². The Kier molecular flexibility index (Phi) is 2.78. The van der Waals surface area contributed by atoms with Crippen molar-refractivity contribution in [1.82, 2.24) is 15.0 Å². The SMILES string of the molecule is CCC1CCc2nc(-c3cc[nH]c(=O)c3)[nH]c2C1. The van der Waals surface area contributed by atoms with E-state index in [1.165, 1.54) is 24.2 Å². The van der Waals surface area contributed by atoms with E-state index in [0.717, 1.165) is 30.1 Å². The van der Waals surface area contributed by atoms with E-state index in [0.29, 0.717) is 0 Å². The third-order valence-corrected chi connectivity index (χ3v) is 3.77. The molecule has 18 heavy (non-hydrogen) atoms. The van der Waals surface area contributed by atoms with Crippen molar-refractivity contribution < 1.29 is 0 Å². The summed E-state index contributed by atoms with van der Waals surface area (Å²) in [6.07, 6.45) is 6.24. The molecule has 1 unspecified atom stereocenters. The van der Waals surface area contributed by atoms with Gasteiger partial charge in [-0.1, -0.05) is 13.3 Å². The molecule has 1 aliphatic rings. The highest BCUT2D eigenvalue weighted by Gasteiger charge is 2.21. The quantitative estimate of drug-likeness (QED) is 0.850. The van der Waals surface area contributed by atoms with Gasteiger partial charge in [-0.25, -0.2) is 4.98 Å². The molecule has 0 spiro atoms. The summed E-state index contributed by atoms with van der Waals surface area (Å²) < 4.78 is 0. The molecule has 0 radical (unpaired) electrons. The molecule has 2 aromatic rings. The molecule has 0 bridgehead atoms. The van der Waals surface area contributed by atoms with Crippen LogP contribution in [0.5, 0.6) is 0 Å². The summed E-state index contributed by atoms with van der Waals surface area (Å²) in [6.45, 7) is 2.24. The van der Waals surface area contributed by atoms with E-state index in [2.05, 4.69) is 21.9 Å². The van der Waals surface area contributed by atoms with Gasteiger partial charge >= 0.3 is 0 Å². The maximum atomic E-state index is 11.3. The summed E-state index contributed by atoms with van der Waals surface area (Å²) >= 11 is 0. The second-order valence-electron chi connectivity index (χ2n) is 4.97. The van der Waals surface area contributed by atoms with Crippen molar-refractivity contribution in [3.63, 3.8) is 0 Å². The normalized spacial score (nSPS) is 18.6. The largest absolute Gasteiger partial charge is 0.342 e. The zero-order chi connectivity index (χ0) is 12.5. The second kappa shape index (κ2) is 4.44. The van der Waals surface area contributed by atoms with Gasteiger partial charge in [0.15, 0.2) is 0 Å². The smallest absolute Gasteiger partial charge is 0.248 e. The van der Waals surface area contributed by atoms with Crippen molar-refractivity contribution in [2.24, 2.45) is 5.92 Å². The molecule has 1 aliphatic carbocycles. The van der Waals surface area contributed by atoms with Gasteiger partial charge in [-0.3, -0.25) is 4.79 Å². The summed E-state index contributed by atoms with van der Waals surface area (Å²) in [5.74, 6) is 1.59. The lowest BCUT2D eigenvalue weighted by Crippen LogP contribution is -2.12. The number of pyridine rings is 1. The molecule has 0 fully saturated rings. The fourth-order valence-electron chi connectivity index (χ4n) is 2.63. The third-order valence-electron chi connectivity index (χ3n) is 3.77. The first-order valence-corrected chi connectivity index (χ1v) is 6.53. The van der Waals surface area contributed by atoms with E-state index in [-0.39, 0.29) is 5.56 Å². The molecule has 0 amide bonds. The lowest BCUT2D eigenvalue weighted by atomic mass is 9.88. The van der Waals surface area contributed by atoms with Crippen molar-refractivity contribution in [2.45, 2.75) is 32.6 Å². The zero-order valence-electron chi connectivity index (χ0n) is 10.5. The van der Waals surface area contributed by atoms with Gasteiger partial charge < -0.3 is 9.97 Å². The first-order valence-electron chi connectivity index (χ1n) is 6.53. The lowest BCUT2D eigenvalue weighted by Gasteiger charge is -2.18. The van der Waals surface area contributed by atoms with Gasteiger partial charge in [0.25, 0.3) is 0 Å². The Morgan fingerprint density at radius 1 is 1.50 bits per heavy atom. The highest BCUT2D eigenvalue weighted by atomic mass is 16.1. The van der Waals surface area contributed by atoms with E-state index in [1.807, 2.05) is 6.07 Å². The standard InChI is InChI=1S/C14H17N3O/c1-2-9-3-4-11-12(7-9)17-14(16-11)10-5-6-15-13(18)8-10/h5-6,8-9H,2-4,7H2,1H3,(H,15,18)(H,16,17). The topological polar surface area (TPSA) is 61.5 Å². The monoisotopic (exact) mass is 243 g/mol. The molecule has 2 aromatic heterocycles. The summed E-state index contributed by atoms with van der Waals surface area (Å²) in [5.41, 5.74) is 3.20. The van der Waals surface area contributed by atoms with Crippen molar-refractivity contribution >= 4 is 0 Å². The van der Waals surface area contributed by atoms with Crippen LogP contribution in [0.3, 0.4) is 0 Å². The van der Waals surface area contributed by atoms with Gasteiger partial charge in [-0.05, 0) is 31.2 Å². The number of aromatic nitrogens is 3. The molecule has 0 saturated heterocycles. The molecule has 2 N–H and O–H groups in total. The van der Waals surface area contributed by atoms with E-state index < -0.39 is 0 Å². The molecule has 1 atom stereocenters. The first kappa shape index (κ1) is 11.3. The summed E-state index contributed by atoms with van der Waals surface area (Å²) in [5, 5.41) is 0. The van der Waals surface area contributed by atoms with Gasteiger partial charge in [-0.2, -0.15) is 0 Å². The minimum atomic E-state index is -0.0895. The van der Waals surface area contributed by atoms with E-state index in [9.17, 15) is 4.79 Å². The summed E-state index contributed by atoms with van der Waals surface area (Å²) in [4.78, 5) is 21.9. The van der Waals surface area contributed by atoms with Gasteiger partial charge in [0.2, 0.25) is 5.56 Å². The van der Waals surface area contributed by atoms with Crippen LogP contribution in [0.4, 0.5) is 0 Å². The molecule has 3 rings (SSSR count). The van der Waals surface area contributed by atoms with Crippen LogP contribution in [-0.4, -0.2) is 15.0 Å².